The number of carbonyl (C=O) groups is 1. The van der Waals surface area contributed by atoms with Gasteiger partial charge in [0.25, 0.3) is 0 Å². The lowest BCUT2D eigenvalue weighted by Crippen LogP contribution is -2.18. The fourth-order valence-corrected chi connectivity index (χ4v) is 1.40. The minimum Gasteiger partial charge on any atom is -0.459 e. The van der Waals surface area contributed by atoms with E-state index in [0.717, 1.165) is 6.42 Å². The molecule has 1 atom stereocenters. The van der Waals surface area contributed by atoms with Crippen LogP contribution in [0.2, 0.25) is 0 Å². The second-order valence-corrected chi connectivity index (χ2v) is 3.84. The number of hydrogen-bond donors (Lipinski definition) is 2. The van der Waals surface area contributed by atoms with Gasteiger partial charge in [0, 0.05) is 6.61 Å². The van der Waals surface area contributed by atoms with Crippen molar-refractivity contribution >= 4 is 5.97 Å². The summed E-state index contributed by atoms with van der Waals surface area (Å²) in [6, 6.07) is 8.67. The normalized spacial score (nSPS) is 12.1. The van der Waals surface area contributed by atoms with Gasteiger partial charge in [-0.25, -0.2) is 4.79 Å². The van der Waals surface area contributed by atoms with Gasteiger partial charge in [-0.15, -0.1) is 0 Å². The summed E-state index contributed by atoms with van der Waals surface area (Å²) in [6.45, 7) is 0.121. The lowest BCUT2D eigenvalue weighted by molar-refractivity contribution is 0.0230. The monoisotopic (exact) mass is 238 g/mol. The fraction of sp³-hybridized carbons (Fsp3) is 0.462. The number of carbonyl (C=O) groups excluding carboxylic acids is 1. The molecule has 94 valence electrons. The molecule has 1 unspecified atom stereocenters. The quantitative estimate of drug-likeness (QED) is 0.556. The highest BCUT2D eigenvalue weighted by Crippen LogP contribution is 2.04. The Labute approximate surface area is 101 Å². The van der Waals surface area contributed by atoms with Crippen LogP contribution in [0.3, 0.4) is 0 Å². The van der Waals surface area contributed by atoms with Gasteiger partial charge < -0.3 is 14.9 Å². The van der Waals surface area contributed by atoms with Crippen molar-refractivity contribution in [3.05, 3.63) is 35.9 Å². The van der Waals surface area contributed by atoms with Crippen molar-refractivity contribution in [2.24, 2.45) is 0 Å². The van der Waals surface area contributed by atoms with E-state index in [9.17, 15) is 9.90 Å². The van der Waals surface area contributed by atoms with Gasteiger partial charge in [0.1, 0.15) is 6.61 Å². The first kappa shape index (κ1) is 13.7. The van der Waals surface area contributed by atoms with E-state index in [1.54, 1.807) is 24.3 Å². The molecule has 0 aliphatic rings. The summed E-state index contributed by atoms with van der Waals surface area (Å²) in [7, 11) is 0. The molecule has 1 aromatic carbocycles. The Morgan fingerprint density at radius 1 is 1.24 bits per heavy atom. The van der Waals surface area contributed by atoms with Crippen LogP contribution in [-0.4, -0.2) is 35.5 Å². The van der Waals surface area contributed by atoms with Gasteiger partial charge >= 0.3 is 5.97 Å². The highest BCUT2D eigenvalue weighted by molar-refractivity contribution is 5.89. The van der Waals surface area contributed by atoms with Gasteiger partial charge in [0.15, 0.2) is 0 Å². The lowest BCUT2D eigenvalue weighted by Gasteiger charge is -2.10. The van der Waals surface area contributed by atoms with E-state index >= 15 is 0 Å². The maximum atomic E-state index is 11.5. The Morgan fingerprint density at radius 3 is 2.59 bits per heavy atom. The molecule has 0 saturated heterocycles. The van der Waals surface area contributed by atoms with E-state index < -0.39 is 12.1 Å². The minimum absolute atomic E-state index is 0.000837. The molecule has 0 radical (unpaired) electrons. The predicted molar refractivity (Wildman–Crippen MR) is 63.7 cm³/mol. The van der Waals surface area contributed by atoms with Gasteiger partial charge in [-0.1, -0.05) is 18.2 Å². The summed E-state index contributed by atoms with van der Waals surface area (Å²) in [6.07, 6.45) is 1.25. The summed E-state index contributed by atoms with van der Waals surface area (Å²) < 4.78 is 4.97. The van der Waals surface area contributed by atoms with Gasteiger partial charge in [0.05, 0.1) is 11.7 Å². The molecule has 2 N–H and O–H groups in total. The summed E-state index contributed by atoms with van der Waals surface area (Å²) in [5.74, 6) is -0.424. The zero-order valence-corrected chi connectivity index (χ0v) is 9.71. The van der Waals surface area contributed by atoms with Gasteiger partial charge in [-0.05, 0) is 31.4 Å². The number of unbranched alkanes of at least 4 members (excludes halogenated alkanes) is 1. The van der Waals surface area contributed by atoms with Gasteiger partial charge in [0.2, 0.25) is 0 Å². The molecular weight excluding hydrogens is 220 g/mol. The Balaban J connectivity index is 2.24. The molecule has 0 spiro atoms. The van der Waals surface area contributed by atoms with Crippen LogP contribution in [-0.2, 0) is 4.74 Å². The minimum atomic E-state index is -0.658. The van der Waals surface area contributed by atoms with Crippen LogP contribution < -0.4 is 0 Å². The zero-order valence-electron chi connectivity index (χ0n) is 9.71. The molecule has 0 bridgehead atoms. The van der Waals surface area contributed by atoms with Crippen molar-refractivity contribution in [3.8, 4) is 0 Å². The topological polar surface area (TPSA) is 66.8 Å². The summed E-state index contributed by atoms with van der Waals surface area (Å²) in [5, 5.41) is 18.1. The number of aliphatic hydroxyl groups excluding tert-OH is 2. The first-order valence-electron chi connectivity index (χ1n) is 5.75. The predicted octanol–water partition coefficient (Wildman–Crippen LogP) is 1.37. The van der Waals surface area contributed by atoms with E-state index in [4.69, 9.17) is 9.84 Å². The van der Waals surface area contributed by atoms with E-state index in [1.165, 1.54) is 0 Å². The molecular formula is C13H18O4. The van der Waals surface area contributed by atoms with Crippen molar-refractivity contribution < 1.29 is 19.7 Å². The van der Waals surface area contributed by atoms with E-state index in [2.05, 4.69) is 0 Å². The number of aliphatic hydroxyl groups is 2. The van der Waals surface area contributed by atoms with Crippen LogP contribution in [0.15, 0.2) is 30.3 Å². The average Bonchev–Trinajstić information content (AvgIpc) is 2.37. The molecule has 17 heavy (non-hydrogen) atoms. The highest BCUT2D eigenvalue weighted by atomic mass is 16.5. The molecule has 0 aliphatic carbocycles. The third-order valence-corrected chi connectivity index (χ3v) is 2.36. The van der Waals surface area contributed by atoms with Crippen molar-refractivity contribution in [3.63, 3.8) is 0 Å². The number of rotatable bonds is 7. The molecule has 4 heteroatoms. The number of ether oxygens (including phenoxy) is 1. The van der Waals surface area contributed by atoms with Gasteiger partial charge in [-0.2, -0.15) is 0 Å². The molecule has 4 nitrogen and oxygen atoms in total. The summed E-state index contributed by atoms with van der Waals surface area (Å²) in [5.41, 5.74) is 0.482. The Hall–Kier alpha value is -1.39. The number of benzene rings is 1. The maximum absolute atomic E-state index is 11.5. The van der Waals surface area contributed by atoms with Crippen LogP contribution >= 0.6 is 0 Å². The zero-order chi connectivity index (χ0) is 12.5. The maximum Gasteiger partial charge on any atom is 0.338 e. The first-order valence-corrected chi connectivity index (χ1v) is 5.75. The molecule has 0 heterocycles. The SMILES string of the molecule is O=C(OCC(O)CCCCO)c1ccccc1. The van der Waals surface area contributed by atoms with Crippen LogP contribution in [0, 0.1) is 0 Å². The number of esters is 1. The number of hydrogen-bond acceptors (Lipinski definition) is 4. The van der Waals surface area contributed by atoms with Crippen LogP contribution in [0.4, 0.5) is 0 Å². The molecule has 1 aromatic rings. The van der Waals surface area contributed by atoms with Crippen molar-refractivity contribution in [1.29, 1.82) is 0 Å². The Kier molecular flexibility index (Phi) is 6.29. The van der Waals surface area contributed by atoms with Crippen LogP contribution in [0.25, 0.3) is 0 Å². The van der Waals surface area contributed by atoms with E-state index in [-0.39, 0.29) is 13.2 Å². The lowest BCUT2D eigenvalue weighted by atomic mass is 10.1. The Morgan fingerprint density at radius 2 is 1.94 bits per heavy atom. The van der Waals surface area contributed by atoms with Crippen molar-refractivity contribution in [2.45, 2.75) is 25.4 Å². The second kappa shape index (κ2) is 7.81. The highest BCUT2D eigenvalue weighted by Gasteiger charge is 2.10. The van der Waals surface area contributed by atoms with Crippen LogP contribution in [0.5, 0.6) is 0 Å². The molecule has 1 rings (SSSR count). The van der Waals surface area contributed by atoms with Crippen molar-refractivity contribution in [2.75, 3.05) is 13.2 Å². The smallest absolute Gasteiger partial charge is 0.338 e. The average molecular weight is 238 g/mol. The molecule has 0 aromatic heterocycles. The summed E-state index contributed by atoms with van der Waals surface area (Å²) in [4.78, 5) is 11.5. The van der Waals surface area contributed by atoms with Crippen molar-refractivity contribution in [1.82, 2.24) is 0 Å². The van der Waals surface area contributed by atoms with Gasteiger partial charge in [-0.3, -0.25) is 0 Å². The second-order valence-electron chi connectivity index (χ2n) is 3.84. The standard InChI is InChI=1S/C13H18O4/c14-9-5-4-8-12(15)10-17-13(16)11-6-2-1-3-7-11/h1-3,6-7,12,14-15H,4-5,8-10H2. The third-order valence-electron chi connectivity index (χ3n) is 2.36. The fourth-order valence-electron chi connectivity index (χ4n) is 1.40. The van der Waals surface area contributed by atoms with E-state index in [1.807, 2.05) is 6.07 Å². The molecule has 0 fully saturated rings. The third kappa shape index (κ3) is 5.47. The molecule has 0 aliphatic heterocycles. The first-order chi connectivity index (χ1) is 8.24. The molecule has 0 amide bonds. The Bertz CT molecular complexity index is 323. The summed E-state index contributed by atoms with van der Waals surface area (Å²) >= 11 is 0. The van der Waals surface area contributed by atoms with E-state index in [0.29, 0.717) is 18.4 Å². The van der Waals surface area contributed by atoms with Crippen LogP contribution in [0.1, 0.15) is 29.6 Å². The molecule has 0 saturated carbocycles. The largest absolute Gasteiger partial charge is 0.459 e.